The van der Waals surface area contributed by atoms with Gasteiger partial charge in [-0.25, -0.2) is 14.4 Å². The first-order valence-corrected chi connectivity index (χ1v) is 6.38. The first-order valence-electron chi connectivity index (χ1n) is 6.38. The third kappa shape index (κ3) is 2.57. The van der Waals surface area contributed by atoms with Crippen LogP contribution in [0, 0.1) is 19.7 Å². The average molecular weight is 259 g/mol. The number of aryl methyl sites for hydroxylation is 2. The molecule has 0 spiro atoms. The van der Waals surface area contributed by atoms with Crippen molar-refractivity contribution < 1.29 is 4.39 Å². The van der Waals surface area contributed by atoms with Crippen LogP contribution in [-0.2, 0) is 6.42 Å². The largest absolute Gasteiger partial charge is 0.373 e. The summed E-state index contributed by atoms with van der Waals surface area (Å²) < 4.78 is 13.4. The summed E-state index contributed by atoms with van der Waals surface area (Å²) in [6.07, 6.45) is 0.824. The van der Waals surface area contributed by atoms with E-state index in [9.17, 15) is 4.39 Å². The summed E-state index contributed by atoms with van der Waals surface area (Å²) in [6, 6.07) is 4.68. The van der Waals surface area contributed by atoms with Crippen molar-refractivity contribution in [1.82, 2.24) is 9.97 Å². The minimum absolute atomic E-state index is 0.270. The van der Waals surface area contributed by atoms with Crippen LogP contribution in [-0.4, -0.2) is 17.0 Å². The van der Waals surface area contributed by atoms with E-state index in [1.165, 1.54) is 12.1 Å². The van der Waals surface area contributed by atoms with E-state index in [1.54, 1.807) is 6.07 Å². The van der Waals surface area contributed by atoms with E-state index in [1.807, 2.05) is 20.9 Å². The zero-order valence-electron chi connectivity index (χ0n) is 11.7. The van der Waals surface area contributed by atoms with Gasteiger partial charge in [-0.3, -0.25) is 0 Å². The van der Waals surface area contributed by atoms with Gasteiger partial charge < -0.3 is 5.32 Å². The zero-order valence-corrected chi connectivity index (χ0v) is 11.7. The lowest BCUT2D eigenvalue weighted by Crippen LogP contribution is -2.05. The van der Waals surface area contributed by atoms with Crippen LogP contribution in [0.3, 0.4) is 0 Å². The molecule has 1 aromatic heterocycles. The molecule has 1 N–H and O–H groups in total. The SMILES string of the molecule is CCc1nc(-c2cc(F)ccc2C)nc(NC)c1C. The summed E-state index contributed by atoms with van der Waals surface area (Å²) in [7, 11) is 1.83. The van der Waals surface area contributed by atoms with E-state index in [0.29, 0.717) is 5.82 Å². The third-order valence-corrected chi connectivity index (χ3v) is 3.26. The Hall–Kier alpha value is -1.97. The minimum atomic E-state index is -0.270. The van der Waals surface area contributed by atoms with Gasteiger partial charge in [0.1, 0.15) is 11.6 Å². The number of halogens is 1. The Morgan fingerprint density at radius 2 is 1.95 bits per heavy atom. The van der Waals surface area contributed by atoms with E-state index in [4.69, 9.17) is 0 Å². The lowest BCUT2D eigenvalue weighted by Gasteiger charge is -2.12. The van der Waals surface area contributed by atoms with Crippen molar-refractivity contribution in [2.75, 3.05) is 12.4 Å². The third-order valence-electron chi connectivity index (χ3n) is 3.26. The second kappa shape index (κ2) is 5.34. The second-order valence-electron chi connectivity index (χ2n) is 4.53. The average Bonchev–Trinajstić information content (AvgIpc) is 2.42. The van der Waals surface area contributed by atoms with Crippen LogP contribution < -0.4 is 5.32 Å². The molecule has 0 saturated heterocycles. The van der Waals surface area contributed by atoms with Crippen LogP contribution in [0.4, 0.5) is 10.2 Å². The minimum Gasteiger partial charge on any atom is -0.373 e. The highest BCUT2D eigenvalue weighted by atomic mass is 19.1. The number of nitrogens with zero attached hydrogens (tertiary/aromatic N) is 2. The van der Waals surface area contributed by atoms with Gasteiger partial charge >= 0.3 is 0 Å². The van der Waals surface area contributed by atoms with Crippen molar-refractivity contribution in [3.8, 4) is 11.4 Å². The molecule has 2 rings (SSSR count). The molecular formula is C15H18FN3. The highest BCUT2D eigenvalue weighted by Crippen LogP contribution is 2.25. The van der Waals surface area contributed by atoms with Crippen molar-refractivity contribution in [2.24, 2.45) is 0 Å². The monoisotopic (exact) mass is 259 g/mol. The Labute approximate surface area is 112 Å². The molecule has 3 nitrogen and oxygen atoms in total. The van der Waals surface area contributed by atoms with E-state index in [2.05, 4.69) is 22.2 Å². The van der Waals surface area contributed by atoms with E-state index >= 15 is 0 Å². The molecule has 2 aromatic rings. The molecule has 0 saturated carbocycles. The number of nitrogens with one attached hydrogen (secondary N) is 1. The van der Waals surface area contributed by atoms with Gasteiger partial charge in [-0.2, -0.15) is 0 Å². The molecule has 0 aliphatic carbocycles. The fraction of sp³-hybridized carbons (Fsp3) is 0.333. The number of hydrogen-bond acceptors (Lipinski definition) is 3. The van der Waals surface area contributed by atoms with Gasteiger partial charge in [-0.05, 0) is 38.0 Å². The highest BCUT2D eigenvalue weighted by Gasteiger charge is 2.12. The Morgan fingerprint density at radius 3 is 2.58 bits per heavy atom. The number of hydrogen-bond donors (Lipinski definition) is 1. The molecule has 0 radical (unpaired) electrons. The molecule has 4 heteroatoms. The lowest BCUT2D eigenvalue weighted by molar-refractivity contribution is 0.627. The van der Waals surface area contributed by atoms with E-state index in [-0.39, 0.29) is 5.82 Å². The normalized spacial score (nSPS) is 10.6. The van der Waals surface area contributed by atoms with Crippen LogP contribution in [0.25, 0.3) is 11.4 Å². The molecule has 1 aromatic carbocycles. The molecule has 100 valence electrons. The van der Waals surface area contributed by atoms with Gasteiger partial charge in [0.15, 0.2) is 5.82 Å². The van der Waals surface area contributed by atoms with E-state index < -0.39 is 0 Å². The van der Waals surface area contributed by atoms with Gasteiger partial charge in [-0.15, -0.1) is 0 Å². The van der Waals surface area contributed by atoms with Gasteiger partial charge in [-0.1, -0.05) is 13.0 Å². The van der Waals surface area contributed by atoms with Crippen LogP contribution in [0.15, 0.2) is 18.2 Å². The molecule has 0 aliphatic rings. The van der Waals surface area contributed by atoms with Crippen molar-refractivity contribution in [3.63, 3.8) is 0 Å². The Morgan fingerprint density at radius 1 is 1.21 bits per heavy atom. The fourth-order valence-electron chi connectivity index (χ4n) is 2.11. The smallest absolute Gasteiger partial charge is 0.162 e. The first-order chi connectivity index (χ1) is 9.06. The molecule has 0 fully saturated rings. The summed E-state index contributed by atoms with van der Waals surface area (Å²) in [4.78, 5) is 9.04. The van der Waals surface area contributed by atoms with Gasteiger partial charge in [0.05, 0.1) is 0 Å². The molecule has 0 amide bonds. The van der Waals surface area contributed by atoms with Gasteiger partial charge in [0.25, 0.3) is 0 Å². The fourth-order valence-corrected chi connectivity index (χ4v) is 2.11. The maximum atomic E-state index is 13.4. The molecule has 0 unspecified atom stereocenters. The molecule has 1 heterocycles. The lowest BCUT2D eigenvalue weighted by atomic mass is 10.1. The Kier molecular flexibility index (Phi) is 3.79. The predicted molar refractivity (Wildman–Crippen MR) is 75.8 cm³/mol. The van der Waals surface area contributed by atoms with Crippen molar-refractivity contribution >= 4 is 5.82 Å². The van der Waals surface area contributed by atoms with Crippen LogP contribution >= 0.6 is 0 Å². The number of benzene rings is 1. The second-order valence-corrected chi connectivity index (χ2v) is 4.53. The van der Waals surface area contributed by atoms with E-state index in [0.717, 1.165) is 34.6 Å². The van der Waals surface area contributed by atoms with Crippen molar-refractivity contribution in [2.45, 2.75) is 27.2 Å². The van der Waals surface area contributed by atoms with Crippen molar-refractivity contribution in [1.29, 1.82) is 0 Å². The molecular weight excluding hydrogens is 241 g/mol. The van der Waals surface area contributed by atoms with Crippen LogP contribution in [0.1, 0.15) is 23.7 Å². The first kappa shape index (κ1) is 13.5. The summed E-state index contributed by atoms with van der Waals surface area (Å²) in [5, 5.41) is 3.07. The maximum Gasteiger partial charge on any atom is 0.162 e. The standard InChI is InChI=1S/C15H18FN3/c1-5-13-10(3)14(17-4)19-15(18-13)12-8-11(16)7-6-9(12)2/h6-8H,5H2,1-4H3,(H,17,18,19). The Bertz CT molecular complexity index is 583. The van der Waals surface area contributed by atoms with Crippen LogP contribution in [0.5, 0.6) is 0 Å². The Balaban J connectivity index is 2.65. The van der Waals surface area contributed by atoms with Gasteiger partial charge in [0.2, 0.25) is 0 Å². The predicted octanol–water partition coefficient (Wildman–Crippen LogP) is 3.50. The van der Waals surface area contributed by atoms with Crippen LogP contribution in [0.2, 0.25) is 0 Å². The molecule has 19 heavy (non-hydrogen) atoms. The summed E-state index contributed by atoms with van der Waals surface area (Å²) in [5.41, 5.74) is 3.74. The van der Waals surface area contributed by atoms with Crippen molar-refractivity contribution in [3.05, 3.63) is 40.8 Å². The number of rotatable bonds is 3. The maximum absolute atomic E-state index is 13.4. The quantitative estimate of drug-likeness (QED) is 0.916. The van der Waals surface area contributed by atoms with Gasteiger partial charge in [0, 0.05) is 23.9 Å². The molecule has 0 aliphatic heterocycles. The molecule has 0 bridgehead atoms. The number of anilines is 1. The zero-order chi connectivity index (χ0) is 14.0. The summed E-state index contributed by atoms with van der Waals surface area (Å²) in [5.74, 6) is 1.10. The number of aromatic nitrogens is 2. The summed E-state index contributed by atoms with van der Waals surface area (Å²) in [6.45, 7) is 5.98. The highest BCUT2D eigenvalue weighted by molar-refractivity contribution is 5.63. The topological polar surface area (TPSA) is 37.8 Å². The summed E-state index contributed by atoms with van der Waals surface area (Å²) >= 11 is 0. The molecule has 0 atom stereocenters.